The minimum absolute atomic E-state index is 0.265. The number of ether oxygens (including phenoxy) is 1. The van der Waals surface area contributed by atoms with E-state index in [0.29, 0.717) is 11.8 Å². The van der Waals surface area contributed by atoms with E-state index in [9.17, 15) is 0 Å². The summed E-state index contributed by atoms with van der Waals surface area (Å²) in [5.74, 6) is 1.28. The molecule has 0 radical (unpaired) electrons. The molecule has 2 nitrogen and oxygen atoms in total. The lowest BCUT2D eigenvalue weighted by Gasteiger charge is -2.16. The van der Waals surface area contributed by atoms with Gasteiger partial charge in [-0.1, -0.05) is 38.1 Å². The molecule has 0 amide bonds. The molecule has 0 aromatic heterocycles. The Morgan fingerprint density at radius 1 is 1.28 bits per heavy atom. The Balaban J connectivity index is 1.84. The van der Waals surface area contributed by atoms with Crippen molar-refractivity contribution >= 4 is 0 Å². The highest BCUT2D eigenvalue weighted by atomic mass is 16.5. The van der Waals surface area contributed by atoms with E-state index in [1.54, 1.807) is 0 Å². The SMILES string of the molecule is CC(C)c1ccc(CC(N)CC2CCOC2)cc1. The van der Waals surface area contributed by atoms with E-state index in [1.807, 2.05) is 0 Å². The molecule has 0 aliphatic carbocycles. The Hall–Kier alpha value is -0.860. The van der Waals surface area contributed by atoms with Crippen molar-refractivity contribution in [2.24, 2.45) is 11.7 Å². The minimum atomic E-state index is 0.265. The van der Waals surface area contributed by atoms with Crippen molar-refractivity contribution in [2.45, 2.75) is 45.1 Å². The second-order valence-corrected chi connectivity index (χ2v) is 5.83. The van der Waals surface area contributed by atoms with Gasteiger partial charge in [0.2, 0.25) is 0 Å². The highest BCUT2D eigenvalue weighted by molar-refractivity contribution is 5.25. The van der Waals surface area contributed by atoms with Crippen LogP contribution in [0.1, 0.15) is 43.7 Å². The molecule has 1 aromatic rings. The average molecular weight is 247 g/mol. The average Bonchev–Trinajstić information content (AvgIpc) is 2.82. The van der Waals surface area contributed by atoms with Crippen molar-refractivity contribution in [3.8, 4) is 0 Å². The summed E-state index contributed by atoms with van der Waals surface area (Å²) < 4.78 is 5.39. The molecule has 2 unspecified atom stereocenters. The van der Waals surface area contributed by atoms with Gasteiger partial charge in [0, 0.05) is 19.3 Å². The highest BCUT2D eigenvalue weighted by Crippen LogP contribution is 2.20. The lowest BCUT2D eigenvalue weighted by molar-refractivity contribution is 0.182. The van der Waals surface area contributed by atoms with Crippen LogP contribution >= 0.6 is 0 Å². The van der Waals surface area contributed by atoms with Gasteiger partial charge in [0.25, 0.3) is 0 Å². The largest absolute Gasteiger partial charge is 0.381 e. The number of benzene rings is 1. The fourth-order valence-corrected chi connectivity index (χ4v) is 2.62. The third-order valence-corrected chi connectivity index (χ3v) is 3.80. The molecule has 2 heteroatoms. The zero-order valence-electron chi connectivity index (χ0n) is 11.6. The first kappa shape index (κ1) is 13.6. The summed E-state index contributed by atoms with van der Waals surface area (Å²) >= 11 is 0. The van der Waals surface area contributed by atoms with Crippen LogP contribution in [0, 0.1) is 5.92 Å². The molecule has 0 spiro atoms. The molecule has 100 valence electrons. The van der Waals surface area contributed by atoms with Crippen molar-refractivity contribution in [3.63, 3.8) is 0 Å². The van der Waals surface area contributed by atoms with Crippen molar-refractivity contribution in [2.75, 3.05) is 13.2 Å². The molecule has 1 fully saturated rings. The van der Waals surface area contributed by atoms with Crippen LogP contribution in [-0.2, 0) is 11.2 Å². The van der Waals surface area contributed by atoms with E-state index in [2.05, 4.69) is 38.1 Å². The molecular formula is C16H25NO. The maximum Gasteiger partial charge on any atom is 0.0495 e. The second kappa shape index (κ2) is 6.35. The summed E-state index contributed by atoms with van der Waals surface area (Å²) in [6.07, 6.45) is 3.25. The third kappa shape index (κ3) is 3.82. The van der Waals surface area contributed by atoms with E-state index >= 15 is 0 Å². The van der Waals surface area contributed by atoms with Crippen molar-refractivity contribution in [1.29, 1.82) is 0 Å². The highest BCUT2D eigenvalue weighted by Gasteiger charge is 2.18. The van der Waals surface area contributed by atoms with E-state index in [4.69, 9.17) is 10.5 Å². The molecule has 1 saturated heterocycles. The van der Waals surface area contributed by atoms with E-state index in [0.717, 1.165) is 26.1 Å². The number of hydrogen-bond donors (Lipinski definition) is 1. The third-order valence-electron chi connectivity index (χ3n) is 3.80. The van der Waals surface area contributed by atoms with Gasteiger partial charge in [-0.15, -0.1) is 0 Å². The fourth-order valence-electron chi connectivity index (χ4n) is 2.62. The summed E-state index contributed by atoms with van der Waals surface area (Å²) in [5.41, 5.74) is 8.98. The van der Waals surface area contributed by atoms with Gasteiger partial charge in [0.05, 0.1) is 0 Å². The minimum Gasteiger partial charge on any atom is -0.381 e. The first-order chi connectivity index (χ1) is 8.65. The van der Waals surface area contributed by atoms with Crippen LogP contribution in [0.3, 0.4) is 0 Å². The van der Waals surface area contributed by atoms with E-state index in [-0.39, 0.29) is 6.04 Å². The number of hydrogen-bond acceptors (Lipinski definition) is 2. The predicted molar refractivity (Wildman–Crippen MR) is 75.8 cm³/mol. The van der Waals surface area contributed by atoms with Gasteiger partial charge in [-0.2, -0.15) is 0 Å². The second-order valence-electron chi connectivity index (χ2n) is 5.83. The van der Waals surface area contributed by atoms with Gasteiger partial charge in [-0.3, -0.25) is 0 Å². The van der Waals surface area contributed by atoms with Gasteiger partial charge >= 0.3 is 0 Å². The molecule has 1 aromatic carbocycles. The van der Waals surface area contributed by atoms with E-state index in [1.165, 1.54) is 17.5 Å². The Morgan fingerprint density at radius 3 is 2.56 bits per heavy atom. The maximum absolute atomic E-state index is 6.23. The van der Waals surface area contributed by atoms with Crippen LogP contribution in [0.4, 0.5) is 0 Å². The monoisotopic (exact) mass is 247 g/mol. The van der Waals surface area contributed by atoms with Crippen molar-refractivity contribution in [3.05, 3.63) is 35.4 Å². The molecule has 18 heavy (non-hydrogen) atoms. The smallest absolute Gasteiger partial charge is 0.0495 e. The summed E-state index contributed by atoms with van der Waals surface area (Å²) in [7, 11) is 0. The summed E-state index contributed by atoms with van der Waals surface area (Å²) in [6.45, 7) is 6.27. The lowest BCUT2D eigenvalue weighted by atomic mass is 9.94. The molecule has 1 heterocycles. The van der Waals surface area contributed by atoms with Gasteiger partial charge in [0.1, 0.15) is 0 Å². The Labute approximate surface area is 111 Å². The number of rotatable bonds is 5. The molecule has 0 bridgehead atoms. The zero-order valence-corrected chi connectivity index (χ0v) is 11.6. The van der Waals surface area contributed by atoms with Crippen LogP contribution in [0.15, 0.2) is 24.3 Å². The Morgan fingerprint density at radius 2 is 2.00 bits per heavy atom. The normalized spacial score (nSPS) is 21.4. The lowest BCUT2D eigenvalue weighted by Crippen LogP contribution is -2.26. The van der Waals surface area contributed by atoms with E-state index < -0.39 is 0 Å². The molecule has 2 atom stereocenters. The summed E-state index contributed by atoms with van der Waals surface area (Å²) in [5, 5.41) is 0. The molecule has 2 rings (SSSR count). The van der Waals surface area contributed by atoms with Crippen LogP contribution in [0.2, 0.25) is 0 Å². The molecule has 1 aliphatic heterocycles. The standard InChI is InChI=1S/C16H25NO/c1-12(2)15-5-3-13(4-6-15)9-16(17)10-14-7-8-18-11-14/h3-6,12,14,16H,7-11,17H2,1-2H3. The van der Waals surface area contributed by atoms with Crippen molar-refractivity contribution < 1.29 is 4.74 Å². The predicted octanol–water partition coefficient (Wildman–Crippen LogP) is 3.11. The quantitative estimate of drug-likeness (QED) is 0.867. The molecule has 0 saturated carbocycles. The van der Waals surface area contributed by atoms with Gasteiger partial charge in [-0.05, 0) is 42.2 Å². The fraction of sp³-hybridized carbons (Fsp3) is 0.625. The van der Waals surface area contributed by atoms with Gasteiger partial charge < -0.3 is 10.5 Å². The molecule has 2 N–H and O–H groups in total. The van der Waals surface area contributed by atoms with Crippen molar-refractivity contribution in [1.82, 2.24) is 0 Å². The Kier molecular flexibility index (Phi) is 4.79. The Bertz CT molecular complexity index is 352. The topological polar surface area (TPSA) is 35.2 Å². The maximum atomic E-state index is 6.23. The van der Waals surface area contributed by atoms with Crippen LogP contribution < -0.4 is 5.73 Å². The van der Waals surface area contributed by atoms with Gasteiger partial charge in [-0.25, -0.2) is 0 Å². The summed E-state index contributed by atoms with van der Waals surface area (Å²) in [4.78, 5) is 0. The summed E-state index contributed by atoms with van der Waals surface area (Å²) in [6, 6.07) is 9.17. The van der Waals surface area contributed by atoms with Crippen LogP contribution in [-0.4, -0.2) is 19.3 Å². The van der Waals surface area contributed by atoms with Crippen LogP contribution in [0.5, 0.6) is 0 Å². The molecule has 1 aliphatic rings. The zero-order chi connectivity index (χ0) is 13.0. The van der Waals surface area contributed by atoms with Gasteiger partial charge in [0.15, 0.2) is 0 Å². The number of nitrogens with two attached hydrogens (primary N) is 1. The first-order valence-electron chi connectivity index (χ1n) is 7.07. The first-order valence-corrected chi connectivity index (χ1v) is 7.07. The van der Waals surface area contributed by atoms with Crippen LogP contribution in [0.25, 0.3) is 0 Å². The molecular weight excluding hydrogens is 222 g/mol.